The lowest BCUT2D eigenvalue weighted by molar-refractivity contribution is 0.0872. The molecular weight excluding hydrogens is 408 g/mol. The molecule has 1 fully saturated rings. The largest absolute Gasteiger partial charge is 0.496 e. The van der Waals surface area contributed by atoms with Crippen molar-refractivity contribution >= 4 is 17.2 Å². The summed E-state index contributed by atoms with van der Waals surface area (Å²) in [7, 11) is 1.72. The van der Waals surface area contributed by atoms with Gasteiger partial charge in [0, 0.05) is 36.4 Å². The van der Waals surface area contributed by atoms with E-state index in [1.165, 1.54) is 11.1 Å². The standard InChI is InChI=1S/C24H28N4O2S/c1-17-8-9-21(30-2)19(14-17)16-28-12-5-6-18(15-28)22(24-26-11-13-31-24)27-23(29)20-7-3-4-10-25-20/h3-4,7-11,13-14,18,22H,5-6,12,15-16H2,1-2H3,(H,27,29). The van der Waals surface area contributed by atoms with E-state index >= 15 is 0 Å². The van der Waals surface area contributed by atoms with Crippen LogP contribution in [0.5, 0.6) is 5.75 Å². The molecule has 162 valence electrons. The second kappa shape index (κ2) is 10.0. The summed E-state index contributed by atoms with van der Waals surface area (Å²) in [5.74, 6) is 1.05. The van der Waals surface area contributed by atoms with Crippen LogP contribution in [0.4, 0.5) is 0 Å². The van der Waals surface area contributed by atoms with Crippen LogP contribution in [-0.2, 0) is 6.54 Å². The Morgan fingerprint density at radius 2 is 2.19 bits per heavy atom. The summed E-state index contributed by atoms with van der Waals surface area (Å²) in [4.78, 5) is 24.1. The van der Waals surface area contributed by atoms with E-state index in [0.29, 0.717) is 5.69 Å². The molecule has 0 bridgehead atoms. The van der Waals surface area contributed by atoms with Crippen molar-refractivity contribution < 1.29 is 9.53 Å². The molecule has 31 heavy (non-hydrogen) atoms. The molecule has 0 aliphatic carbocycles. The molecule has 2 aromatic heterocycles. The summed E-state index contributed by atoms with van der Waals surface area (Å²) >= 11 is 1.59. The fraction of sp³-hybridized carbons (Fsp3) is 0.375. The maximum atomic E-state index is 12.9. The molecule has 1 aromatic carbocycles. The van der Waals surface area contributed by atoms with Gasteiger partial charge in [0.1, 0.15) is 16.5 Å². The lowest BCUT2D eigenvalue weighted by Gasteiger charge is -2.36. The SMILES string of the molecule is COc1ccc(C)cc1CN1CCCC(C(NC(=O)c2ccccn2)c2nccs2)C1. The Kier molecular flexibility index (Phi) is 6.94. The van der Waals surface area contributed by atoms with Gasteiger partial charge < -0.3 is 10.1 Å². The molecular formula is C24H28N4O2S. The predicted molar refractivity (Wildman–Crippen MR) is 122 cm³/mol. The third-order valence-corrected chi connectivity index (χ3v) is 6.60. The van der Waals surface area contributed by atoms with Crippen molar-refractivity contribution in [2.24, 2.45) is 5.92 Å². The van der Waals surface area contributed by atoms with Gasteiger partial charge >= 0.3 is 0 Å². The minimum absolute atomic E-state index is 0.128. The van der Waals surface area contributed by atoms with E-state index in [2.05, 4.69) is 39.2 Å². The van der Waals surface area contributed by atoms with Crippen LogP contribution in [0.25, 0.3) is 0 Å². The predicted octanol–water partition coefficient (Wildman–Crippen LogP) is 4.24. The van der Waals surface area contributed by atoms with E-state index in [0.717, 1.165) is 43.2 Å². The number of rotatable bonds is 7. The number of nitrogens with one attached hydrogen (secondary N) is 1. The zero-order valence-corrected chi connectivity index (χ0v) is 18.8. The third-order valence-electron chi connectivity index (χ3n) is 5.74. The monoisotopic (exact) mass is 436 g/mol. The second-order valence-electron chi connectivity index (χ2n) is 7.99. The Labute approximate surface area is 187 Å². The van der Waals surface area contributed by atoms with Gasteiger partial charge in [0.25, 0.3) is 5.91 Å². The number of thiazole rings is 1. The summed E-state index contributed by atoms with van der Waals surface area (Å²) in [5.41, 5.74) is 2.86. The first-order chi connectivity index (χ1) is 15.1. The fourth-order valence-corrected chi connectivity index (χ4v) is 5.04. The Balaban J connectivity index is 1.51. The summed E-state index contributed by atoms with van der Waals surface area (Å²) in [5, 5.41) is 6.13. The van der Waals surface area contributed by atoms with Crippen LogP contribution in [0, 0.1) is 12.8 Å². The summed E-state index contributed by atoms with van der Waals surface area (Å²) in [6.45, 7) is 4.87. The lowest BCUT2D eigenvalue weighted by Crippen LogP contribution is -2.42. The van der Waals surface area contributed by atoms with Gasteiger partial charge in [-0.2, -0.15) is 0 Å². The van der Waals surface area contributed by atoms with E-state index in [1.807, 2.05) is 23.6 Å². The van der Waals surface area contributed by atoms with E-state index in [-0.39, 0.29) is 17.9 Å². The van der Waals surface area contributed by atoms with E-state index in [9.17, 15) is 4.79 Å². The molecule has 3 heterocycles. The molecule has 6 nitrogen and oxygen atoms in total. The highest BCUT2D eigenvalue weighted by Crippen LogP contribution is 2.32. The summed E-state index contributed by atoms with van der Waals surface area (Å²) < 4.78 is 5.58. The van der Waals surface area contributed by atoms with Gasteiger partial charge in [-0.3, -0.25) is 14.7 Å². The maximum absolute atomic E-state index is 12.9. The van der Waals surface area contributed by atoms with Crippen molar-refractivity contribution in [2.45, 2.75) is 32.4 Å². The number of piperidine rings is 1. The number of hydrogen-bond acceptors (Lipinski definition) is 6. The topological polar surface area (TPSA) is 67.3 Å². The minimum atomic E-state index is -0.154. The van der Waals surface area contributed by atoms with Crippen LogP contribution in [0.3, 0.4) is 0 Å². The van der Waals surface area contributed by atoms with Crippen LogP contribution in [0.1, 0.15) is 45.5 Å². The molecule has 1 saturated heterocycles. The van der Waals surface area contributed by atoms with Gasteiger partial charge in [-0.1, -0.05) is 23.8 Å². The van der Waals surface area contributed by atoms with Crippen molar-refractivity contribution in [1.29, 1.82) is 0 Å². The molecule has 1 amide bonds. The lowest BCUT2D eigenvalue weighted by atomic mass is 9.90. The first-order valence-electron chi connectivity index (χ1n) is 10.6. The zero-order chi connectivity index (χ0) is 21.6. The summed E-state index contributed by atoms with van der Waals surface area (Å²) in [6, 6.07) is 11.6. The zero-order valence-electron chi connectivity index (χ0n) is 18.0. The first-order valence-corrected chi connectivity index (χ1v) is 11.5. The number of carbonyl (C=O) groups is 1. The molecule has 0 spiro atoms. The van der Waals surface area contributed by atoms with Crippen molar-refractivity contribution in [3.63, 3.8) is 0 Å². The summed E-state index contributed by atoms with van der Waals surface area (Å²) in [6.07, 6.45) is 5.58. The molecule has 1 N–H and O–H groups in total. The Morgan fingerprint density at radius 1 is 1.29 bits per heavy atom. The van der Waals surface area contributed by atoms with E-state index < -0.39 is 0 Å². The normalized spacial score (nSPS) is 17.8. The highest BCUT2D eigenvalue weighted by atomic mass is 32.1. The minimum Gasteiger partial charge on any atom is -0.496 e. The number of carbonyl (C=O) groups excluding carboxylic acids is 1. The molecule has 0 saturated carbocycles. The van der Waals surface area contributed by atoms with Gasteiger partial charge in [-0.05, 0) is 50.4 Å². The fourth-order valence-electron chi connectivity index (χ4n) is 4.26. The Hall–Kier alpha value is -2.77. The quantitative estimate of drug-likeness (QED) is 0.600. The van der Waals surface area contributed by atoms with Crippen LogP contribution in [-0.4, -0.2) is 41.0 Å². The number of pyridine rings is 1. The number of benzene rings is 1. The molecule has 2 atom stereocenters. The third kappa shape index (κ3) is 5.29. The highest BCUT2D eigenvalue weighted by Gasteiger charge is 2.32. The van der Waals surface area contributed by atoms with Crippen molar-refractivity contribution in [3.8, 4) is 5.75 Å². The average Bonchev–Trinajstić information content (AvgIpc) is 3.33. The first kappa shape index (κ1) is 21.5. The smallest absolute Gasteiger partial charge is 0.270 e. The van der Waals surface area contributed by atoms with Crippen LogP contribution < -0.4 is 10.1 Å². The van der Waals surface area contributed by atoms with Crippen molar-refractivity contribution in [3.05, 3.63) is 76.0 Å². The molecule has 7 heteroatoms. The number of amides is 1. The number of nitrogens with zero attached hydrogens (tertiary/aromatic N) is 3. The second-order valence-corrected chi connectivity index (χ2v) is 8.92. The van der Waals surface area contributed by atoms with Crippen LogP contribution in [0.15, 0.2) is 54.2 Å². The Morgan fingerprint density at radius 3 is 2.94 bits per heavy atom. The number of methoxy groups -OCH3 is 1. The molecule has 1 aliphatic heterocycles. The number of ether oxygens (including phenoxy) is 1. The number of aromatic nitrogens is 2. The molecule has 0 radical (unpaired) electrons. The van der Waals surface area contributed by atoms with E-state index in [1.54, 1.807) is 36.9 Å². The molecule has 1 aliphatic rings. The van der Waals surface area contributed by atoms with E-state index in [4.69, 9.17) is 4.74 Å². The molecule has 4 rings (SSSR count). The van der Waals surface area contributed by atoms with Gasteiger partial charge in [-0.15, -0.1) is 11.3 Å². The highest BCUT2D eigenvalue weighted by molar-refractivity contribution is 7.09. The van der Waals surface area contributed by atoms with Crippen LogP contribution >= 0.6 is 11.3 Å². The van der Waals surface area contributed by atoms with Crippen LogP contribution in [0.2, 0.25) is 0 Å². The van der Waals surface area contributed by atoms with Crippen molar-refractivity contribution in [2.75, 3.05) is 20.2 Å². The van der Waals surface area contributed by atoms with Gasteiger partial charge in [0.05, 0.1) is 13.2 Å². The van der Waals surface area contributed by atoms with Gasteiger partial charge in [0.15, 0.2) is 0 Å². The average molecular weight is 437 g/mol. The number of likely N-dealkylation sites (tertiary alicyclic amines) is 1. The van der Waals surface area contributed by atoms with Gasteiger partial charge in [-0.25, -0.2) is 4.98 Å². The maximum Gasteiger partial charge on any atom is 0.270 e. The Bertz CT molecular complexity index is 994. The van der Waals surface area contributed by atoms with Gasteiger partial charge in [0.2, 0.25) is 0 Å². The number of hydrogen-bond donors (Lipinski definition) is 1. The number of aryl methyl sites for hydroxylation is 1. The molecule has 2 unspecified atom stereocenters. The molecule has 3 aromatic rings. The van der Waals surface area contributed by atoms with Crippen molar-refractivity contribution in [1.82, 2.24) is 20.2 Å².